The fourth-order valence-corrected chi connectivity index (χ4v) is 3.89. The van der Waals surface area contributed by atoms with E-state index in [1.54, 1.807) is 0 Å². The van der Waals surface area contributed by atoms with E-state index in [-0.39, 0.29) is 11.1 Å². The summed E-state index contributed by atoms with van der Waals surface area (Å²) in [6, 6.07) is 10.9. The van der Waals surface area contributed by atoms with Crippen LogP contribution in [-0.4, -0.2) is 28.8 Å². The van der Waals surface area contributed by atoms with E-state index in [1.807, 2.05) is 6.07 Å². The van der Waals surface area contributed by atoms with Gasteiger partial charge in [-0.1, -0.05) is 30.3 Å². The lowest BCUT2D eigenvalue weighted by Gasteiger charge is -2.46. The zero-order valence-electron chi connectivity index (χ0n) is 14.2. The Hall–Kier alpha value is -1.13. The molecule has 3 nitrogen and oxygen atoms in total. The predicted octanol–water partition coefficient (Wildman–Crippen LogP) is 3.00. The molecule has 0 saturated carbocycles. The SMILES string of the molecule is CC1(C)CC(NC(=S)NCCc2ccccc2)CC(C)(C)N1. The van der Waals surface area contributed by atoms with Crippen molar-refractivity contribution in [3.63, 3.8) is 0 Å². The van der Waals surface area contributed by atoms with Crippen molar-refractivity contribution >= 4 is 17.3 Å². The van der Waals surface area contributed by atoms with Crippen molar-refractivity contribution in [1.82, 2.24) is 16.0 Å². The summed E-state index contributed by atoms with van der Waals surface area (Å²) >= 11 is 5.46. The Morgan fingerprint density at radius 2 is 1.73 bits per heavy atom. The largest absolute Gasteiger partial charge is 0.362 e. The van der Waals surface area contributed by atoms with Crippen molar-refractivity contribution in [3.8, 4) is 0 Å². The molecule has 4 heteroatoms. The Labute approximate surface area is 140 Å². The van der Waals surface area contributed by atoms with Crippen molar-refractivity contribution in [3.05, 3.63) is 35.9 Å². The summed E-state index contributed by atoms with van der Waals surface area (Å²) in [5.41, 5.74) is 1.61. The first kappa shape index (κ1) is 17.2. The summed E-state index contributed by atoms with van der Waals surface area (Å²) in [6.45, 7) is 9.90. The van der Waals surface area contributed by atoms with Crippen molar-refractivity contribution < 1.29 is 0 Å². The monoisotopic (exact) mass is 319 g/mol. The third kappa shape index (κ3) is 5.58. The molecule has 122 valence electrons. The third-order valence-electron chi connectivity index (χ3n) is 4.07. The first-order valence-electron chi connectivity index (χ1n) is 8.13. The Morgan fingerprint density at radius 3 is 2.32 bits per heavy atom. The molecule has 1 aliphatic heterocycles. The highest BCUT2D eigenvalue weighted by Gasteiger charge is 2.37. The molecule has 0 amide bonds. The molecular formula is C18H29N3S. The van der Waals surface area contributed by atoms with Gasteiger partial charge >= 0.3 is 0 Å². The van der Waals surface area contributed by atoms with E-state index in [0.717, 1.165) is 30.9 Å². The number of rotatable bonds is 4. The summed E-state index contributed by atoms with van der Waals surface area (Å²) < 4.78 is 0. The van der Waals surface area contributed by atoms with Crippen LogP contribution in [-0.2, 0) is 6.42 Å². The van der Waals surface area contributed by atoms with E-state index in [4.69, 9.17) is 12.2 Å². The number of benzene rings is 1. The van der Waals surface area contributed by atoms with Gasteiger partial charge in [-0.25, -0.2) is 0 Å². The molecule has 1 aliphatic rings. The van der Waals surface area contributed by atoms with Crippen LogP contribution in [0.25, 0.3) is 0 Å². The van der Waals surface area contributed by atoms with Gasteiger partial charge in [0.2, 0.25) is 0 Å². The minimum atomic E-state index is 0.138. The number of hydrogen-bond donors (Lipinski definition) is 3. The number of thiocarbonyl (C=S) groups is 1. The highest BCUT2D eigenvalue weighted by atomic mass is 32.1. The summed E-state index contributed by atoms with van der Waals surface area (Å²) in [7, 11) is 0. The average molecular weight is 320 g/mol. The smallest absolute Gasteiger partial charge is 0.166 e. The molecule has 3 N–H and O–H groups in total. The van der Waals surface area contributed by atoms with Gasteiger partial charge in [0, 0.05) is 23.7 Å². The highest BCUT2D eigenvalue weighted by Crippen LogP contribution is 2.28. The van der Waals surface area contributed by atoms with E-state index >= 15 is 0 Å². The molecule has 0 unspecified atom stereocenters. The van der Waals surface area contributed by atoms with Crippen LogP contribution in [0, 0.1) is 0 Å². The second-order valence-electron chi connectivity index (χ2n) is 7.63. The highest BCUT2D eigenvalue weighted by molar-refractivity contribution is 7.80. The lowest BCUT2D eigenvalue weighted by atomic mass is 9.80. The number of piperidine rings is 1. The van der Waals surface area contributed by atoms with Crippen LogP contribution in [0.2, 0.25) is 0 Å². The molecule has 0 radical (unpaired) electrons. The van der Waals surface area contributed by atoms with Gasteiger partial charge < -0.3 is 16.0 Å². The van der Waals surface area contributed by atoms with Crippen LogP contribution in [0.15, 0.2) is 30.3 Å². The molecule has 0 bridgehead atoms. The van der Waals surface area contributed by atoms with E-state index in [2.05, 4.69) is 67.9 Å². The maximum atomic E-state index is 5.46. The number of hydrogen-bond acceptors (Lipinski definition) is 2. The van der Waals surface area contributed by atoms with E-state index in [0.29, 0.717) is 6.04 Å². The summed E-state index contributed by atoms with van der Waals surface area (Å²) in [4.78, 5) is 0. The second-order valence-corrected chi connectivity index (χ2v) is 8.04. The summed E-state index contributed by atoms with van der Waals surface area (Å²) in [5.74, 6) is 0. The van der Waals surface area contributed by atoms with Crippen molar-refractivity contribution in [1.29, 1.82) is 0 Å². The molecule has 2 rings (SSSR count). The Bertz CT molecular complexity index is 480. The van der Waals surface area contributed by atoms with Crippen LogP contribution in [0.5, 0.6) is 0 Å². The van der Waals surface area contributed by atoms with Gasteiger partial charge in [-0.2, -0.15) is 0 Å². The van der Waals surface area contributed by atoms with E-state index in [1.165, 1.54) is 5.56 Å². The molecule has 0 aliphatic carbocycles. The Balaban J connectivity index is 1.77. The summed E-state index contributed by atoms with van der Waals surface area (Å²) in [5, 5.41) is 11.3. The fourth-order valence-electron chi connectivity index (χ4n) is 3.63. The normalized spacial score (nSPS) is 20.4. The van der Waals surface area contributed by atoms with Gasteiger partial charge in [-0.3, -0.25) is 0 Å². The average Bonchev–Trinajstić information content (AvgIpc) is 2.36. The predicted molar refractivity (Wildman–Crippen MR) is 98.2 cm³/mol. The lowest BCUT2D eigenvalue weighted by molar-refractivity contribution is 0.155. The quantitative estimate of drug-likeness (QED) is 0.746. The minimum absolute atomic E-state index is 0.138. The number of nitrogens with one attached hydrogen (secondary N) is 3. The van der Waals surface area contributed by atoms with E-state index < -0.39 is 0 Å². The maximum absolute atomic E-state index is 5.46. The molecular weight excluding hydrogens is 290 g/mol. The molecule has 1 fully saturated rings. The topological polar surface area (TPSA) is 36.1 Å². The molecule has 1 aromatic carbocycles. The van der Waals surface area contributed by atoms with Gasteiger partial charge in [-0.15, -0.1) is 0 Å². The second kappa shape index (κ2) is 6.97. The van der Waals surface area contributed by atoms with Crippen LogP contribution in [0.4, 0.5) is 0 Å². The van der Waals surface area contributed by atoms with Crippen LogP contribution < -0.4 is 16.0 Å². The molecule has 0 spiro atoms. The molecule has 1 heterocycles. The van der Waals surface area contributed by atoms with Crippen molar-refractivity contribution in [2.45, 2.75) is 64.1 Å². The van der Waals surface area contributed by atoms with Gasteiger partial charge in [0.25, 0.3) is 0 Å². The molecule has 1 aromatic rings. The molecule has 1 saturated heterocycles. The van der Waals surface area contributed by atoms with Crippen LogP contribution >= 0.6 is 12.2 Å². The van der Waals surface area contributed by atoms with Crippen LogP contribution in [0.1, 0.15) is 46.1 Å². The first-order valence-corrected chi connectivity index (χ1v) is 8.54. The summed E-state index contributed by atoms with van der Waals surface area (Å²) in [6.07, 6.45) is 3.15. The van der Waals surface area contributed by atoms with Gasteiger partial charge in [-0.05, 0) is 64.7 Å². The Morgan fingerprint density at radius 1 is 1.14 bits per heavy atom. The lowest BCUT2D eigenvalue weighted by Crippen LogP contribution is -2.62. The van der Waals surface area contributed by atoms with Gasteiger partial charge in [0.05, 0.1) is 0 Å². The molecule has 0 aromatic heterocycles. The first-order chi connectivity index (χ1) is 10.3. The standard InChI is InChI=1S/C18H29N3S/c1-17(2)12-15(13-18(3,4)21-17)20-16(22)19-11-10-14-8-6-5-7-9-14/h5-9,15,21H,10-13H2,1-4H3,(H2,19,20,22). The van der Waals surface area contributed by atoms with E-state index in [9.17, 15) is 0 Å². The van der Waals surface area contributed by atoms with Gasteiger partial charge in [0.1, 0.15) is 0 Å². The zero-order valence-corrected chi connectivity index (χ0v) is 15.0. The maximum Gasteiger partial charge on any atom is 0.166 e. The van der Waals surface area contributed by atoms with Crippen LogP contribution in [0.3, 0.4) is 0 Å². The minimum Gasteiger partial charge on any atom is -0.362 e. The molecule has 22 heavy (non-hydrogen) atoms. The zero-order chi connectivity index (χ0) is 16.2. The third-order valence-corrected chi connectivity index (χ3v) is 4.33. The van der Waals surface area contributed by atoms with Crippen molar-refractivity contribution in [2.24, 2.45) is 0 Å². The molecule has 0 atom stereocenters. The Kier molecular flexibility index (Phi) is 5.45. The van der Waals surface area contributed by atoms with Gasteiger partial charge in [0.15, 0.2) is 5.11 Å². The fraction of sp³-hybridized carbons (Fsp3) is 0.611. The van der Waals surface area contributed by atoms with Crippen molar-refractivity contribution in [2.75, 3.05) is 6.54 Å².